The second kappa shape index (κ2) is 9.80. The first-order chi connectivity index (χ1) is 14.0. The van der Waals surface area contributed by atoms with Gasteiger partial charge < -0.3 is 14.6 Å². The maximum absolute atomic E-state index is 12.3. The predicted octanol–water partition coefficient (Wildman–Crippen LogP) is 5.13. The molecule has 0 aliphatic heterocycles. The van der Waals surface area contributed by atoms with Gasteiger partial charge in [0.25, 0.3) is 0 Å². The summed E-state index contributed by atoms with van der Waals surface area (Å²) in [5.41, 5.74) is 1.84. The Morgan fingerprint density at radius 1 is 1.21 bits per heavy atom. The van der Waals surface area contributed by atoms with Crippen molar-refractivity contribution in [3.63, 3.8) is 0 Å². The Balaban J connectivity index is 1.65. The number of nitrogens with one attached hydrogen (secondary N) is 1. The summed E-state index contributed by atoms with van der Waals surface area (Å²) in [5, 5.41) is 12.7. The molecule has 0 saturated carbocycles. The summed E-state index contributed by atoms with van der Waals surface area (Å²) < 4.78 is 7.91. The topological polar surface area (TPSA) is 69.0 Å². The van der Waals surface area contributed by atoms with Gasteiger partial charge in [0, 0.05) is 12.2 Å². The van der Waals surface area contributed by atoms with E-state index >= 15 is 0 Å². The Morgan fingerprint density at radius 3 is 2.66 bits per heavy atom. The second-order valence-electron chi connectivity index (χ2n) is 6.43. The molecule has 0 aliphatic carbocycles. The quantitative estimate of drug-likeness (QED) is 0.501. The van der Waals surface area contributed by atoms with Crippen LogP contribution in [-0.2, 0) is 11.3 Å². The molecule has 6 nitrogen and oxygen atoms in total. The standard InChI is InChI=1S/C21H23ClN4O2S/c1-4-26-20(15(3)28-18-12-8-6-10-16(18)22)24-25-21(26)29-13-19(27)23-17-11-7-5-9-14(17)2/h5-12,15H,4,13H2,1-3H3,(H,23,27)/t15-/m1/s1. The summed E-state index contributed by atoms with van der Waals surface area (Å²) >= 11 is 7.53. The molecular formula is C21H23ClN4O2S. The molecule has 0 spiro atoms. The SMILES string of the molecule is CCn1c(SCC(=O)Nc2ccccc2C)nnc1[C@@H](C)Oc1ccccc1Cl. The highest BCUT2D eigenvalue weighted by Gasteiger charge is 2.20. The minimum atomic E-state index is -0.336. The molecule has 0 saturated heterocycles. The highest BCUT2D eigenvalue weighted by Crippen LogP contribution is 2.29. The van der Waals surface area contributed by atoms with E-state index in [1.54, 1.807) is 6.07 Å². The number of ether oxygens (including phenoxy) is 1. The predicted molar refractivity (Wildman–Crippen MR) is 117 cm³/mol. The number of aryl methyl sites for hydroxylation is 1. The number of para-hydroxylation sites is 2. The van der Waals surface area contributed by atoms with Crippen molar-refractivity contribution in [1.29, 1.82) is 0 Å². The first-order valence-corrected chi connectivity index (χ1v) is 10.7. The number of rotatable bonds is 8. The Kier molecular flexibility index (Phi) is 7.17. The molecule has 0 fully saturated rings. The van der Waals surface area contributed by atoms with Crippen LogP contribution in [-0.4, -0.2) is 26.4 Å². The Bertz CT molecular complexity index is 992. The van der Waals surface area contributed by atoms with Gasteiger partial charge in [-0.25, -0.2) is 0 Å². The zero-order valence-electron chi connectivity index (χ0n) is 16.6. The van der Waals surface area contributed by atoms with Crippen molar-refractivity contribution in [1.82, 2.24) is 14.8 Å². The van der Waals surface area contributed by atoms with Gasteiger partial charge in [0.05, 0.1) is 10.8 Å². The van der Waals surface area contributed by atoms with Gasteiger partial charge in [-0.05, 0) is 44.5 Å². The molecule has 0 radical (unpaired) electrons. The van der Waals surface area contributed by atoms with Crippen molar-refractivity contribution in [3.8, 4) is 5.75 Å². The van der Waals surface area contributed by atoms with E-state index in [4.69, 9.17) is 16.3 Å². The van der Waals surface area contributed by atoms with Crippen LogP contribution in [0.4, 0.5) is 5.69 Å². The van der Waals surface area contributed by atoms with E-state index in [0.717, 1.165) is 11.3 Å². The number of halogens is 1. The van der Waals surface area contributed by atoms with Gasteiger partial charge in [-0.1, -0.05) is 53.7 Å². The molecule has 1 atom stereocenters. The Hall–Kier alpha value is -2.51. The first-order valence-electron chi connectivity index (χ1n) is 9.32. The number of aromatic nitrogens is 3. The van der Waals surface area contributed by atoms with Crippen LogP contribution in [0, 0.1) is 6.92 Å². The van der Waals surface area contributed by atoms with Crippen LogP contribution in [0.2, 0.25) is 5.02 Å². The summed E-state index contributed by atoms with van der Waals surface area (Å²) in [6, 6.07) is 15.0. The molecule has 1 heterocycles. The average molecular weight is 431 g/mol. The number of carbonyl (C=O) groups excluding carboxylic acids is 1. The molecule has 3 rings (SSSR count). The molecule has 0 aliphatic rings. The smallest absolute Gasteiger partial charge is 0.234 e. The van der Waals surface area contributed by atoms with Crippen LogP contribution in [0.1, 0.15) is 31.3 Å². The third-order valence-electron chi connectivity index (χ3n) is 4.32. The molecular weight excluding hydrogens is 408 g/mol. The fraction of sp³-hybridized carbons (Fsp3) is 0.286. The molecule has 3 aromatic rings. The van der Waals surface area contributed by atoms with Crippen LogP contribution in [0.15, 0.2) is 53.7 Å². The van der Waals surface area contributed by atoms with Crippen molar-refractivity contribution >= 4 is 35.0 Å². The number of carbonyl (C=O) groups is 1. The maximum Gasteiger partial charge on any atom is 0.234 e. The lowest BCUT2D eigenvalue weighted by Gasteiger charge is -2.16. The van der Waals surface area contributed by atoms with Crippen molar-refractivity contribution < 1.29 is 9.53 Å². The zero-order chi connectivity index (χ0) is 20.8. The summed E-state index contributed by atoms with van der Waals surface area (Å²) in [7, 11) is 0. The lowest BCUT2D eigenvalue weighted by Crippen LogP contribution is -2.16. The fourth-order valence-electron chi connectivity index (χ4n) is 2.82. The number of anilines is 1. The summed E-state index contributed by atoms with van der Waals surface area (Å²) in [6.07, 6.45) is -0.336. The Morgan fingerprint density at radius 2 is 1.93 bits per heavy atom. The second-order valence-corrected chi connectivity index (χ2v) is 7.78. The van der Waals surface area contributed by atoms with Crippen LogP contribution < -0.4 is 10.1 Å². The summed E-state index contributed by atoms with van der Waals surface area (Å²) in [5.74, 6) is 1.44. The lowest BCUT2D eigenvalue weighted by molar-refractivity contribution is -0.113. The van der Waals surface area contributed by atoms with Gasteiger partial charge in [-0.15, -0.1) is 10.2 Å². The van der Waals surface area contributed by atoms with E-state index in [-0.39, 0.29) is 17.8 Å². The number of nitrogens with zero attached hydrogens (tertiary/aromatic N) is 3. The van der Waals surface area contributed by atoms with Crippen LogP contribution in [0.5, 0.6) is 5.75 Å². The third-order valence-corrected chi connectivity index (χ3v) is 5.60. The number of hydrogen-bond donors (Lipinski definition) is 1. The normalized spacial score (nSPS) is 11.9. The number of hydrogen-bond acceptors (Lipinski definition) is 5. The van der Waals surface area contributed by atoms with E-state index in [1.807, 2.05) is 67.8 Å². The van der Waals surface area contributed by atoms with Crippen LogP contribution >= 0.6 is 23.4 Å². The highest BCUT2D eigenvalue weighted by atomic mass is 35.5. The van der Waals surface area contributed by atoms with Crippen LogP contribution in [0.3, 0.4) is 0 Å². The number of thioether (sulfide) groups is 1. The van der Waals surface area contributed by atoms with Gasteiger partial charge in [-0.3, -0.25) is 4.79 Å². The van der Waals surface area contributed by atoms with Gasteiger partial charge >= 0.3 is 0 Å². The highest BCUT2D eigenvalue weighted by molar-refractivity contribution is 7.99. The molecule has 2 aromatic carbocycles. The first kappa shape index (κ1) is 21.2. The number of amides is 1. The zero-order valence-corrected chi connectivity index (χ0v) is 18.1. The molecule has 1 N–H and O–H groups in total. The molecule has 8 heteroatoms. The minimum absolute atomic E-state index is 0.0862. The van der Waals surface area contributed by atoms with Gasteiger partial charge in [0.15, 0.2) is 17.1 Å². The van der Waals surface area contributed by atoms with E-state index in [2.05, 4.69) is 15.5 Å². The summed E-state index contributed by atoms with van der Waals surface area (Å²) in [6.45, 7) is 6.54. The molecule has 0 bridgehead atoms. The largest absolute Gasteiger partial charge is 0.481 e. The molecule has 1 amide bonds. The number of benzene rings is 2. The van der Waals surface area contributed by atoms with Crippen molar-refractivity contribution in [2.75, 3.05) is 11.1 Å². The minimum Gasteiger partial charge on any atom is -0.481 e. The van der Waals surface area contributed by atoms with E-state index < -0.39 is 0 Å². The molecule has 152 valence electrons. The summed E-state index contributed by atoms with van der Waals surface area (Å²) in [4.78, 5) is 12.3. The van der Waals surface area contributed by atoms with Gasteiger partial charge in [0.1, 0.15) is 5.75 Å². The average Bonchev–Trinajstić information content (AvgIpc) is 3.13. The van der Waals surface area contributed by atoms with Crippen molar-refractivity contribution in [3.05, 3.63) is 64.9 Å². The molecule has 1 aromatic heterocycles. The van der Waals surface area contributed by atoms with Gasteiger partial charge in [-0.2, -0.15) is 0 Å². The fourth-order valence-corrected chi connectivity index (χ4v) is 3.81. The molecule has 29 heavy (non-hydrogen) atoms. The molecule has 0 unspecified atom stereocenters. The third kappa shape index (κ3) is 5.31. The lowest BCUT2D eigenvalue weighted by atomic mass is 10.2. The van der Waals surface area contributed by atoms with Crippen molar-refractivity contribution in [2.45, 2.75) is 38.6 Å². The van der Waals surface area contributed by atoms with E-state index in [9.17, 15) is 4.79 Å². The van der Waals surface area contributed by atoms with Crippen molar-refractivity contribution in [2.24, 2.45) is 0 Å². The Labute approximate surface area is 179 Å². The van der Waals surface area contributed by atoms with Gasteiger partial charge in [0.2, 0.25) is 5.91 Å². The monoisotopic (exact) mass is 430 g/mol. The van der Waals surface area contributed by atoms with E-state index in [1.165, 1.54) is 11.8 Å². The van der Waals surface area contributed by atoms with Crippen LogP contribution in [0.25, 0.3) is 0 Å². The van der Waals surface area contributed by atoms with E-state index in [0.29, 0.717) is 28.3 Å². The maximum atomic E-state index is 12.3.